The van der Waals surface area contributed by atoms with Gasteiger partial charge in [-0.1, -0.05) is 17.7 Å². The van der Waals surface area contributed by atoms with Gasteiger partial charge in [-0.25, -0.2) is 4.39 Å². The molecule has 0 aliphatic carbocycles. The maximum atomic E-state index is 13.7. The summed E-state index contributed by atoms with van der Waals surface area (Å²) in [6.45, 7) is 0. The summed E-state index contributed by atoms with van der Waals surface area (Å²) in [6, 6.07) is 9.16. The standard InChI is InChI=1S/C13H9BrClFN2O/c14-9-6-7(17)4-5-11(9)18-13(19)8-2-1-3-10(15)12(8)16/h1-6H,17H2,(H,18,19). The molecule has 0 fully saturated rings. The molecule has 0 spiro atoms. The third-order valence-electron chi connectivity index (χ3n) is 2.44. The van der Waals surface area contributed by atoms with Gasteiger partial charge in [0.15, 0.2) is 5.82 Å². The lowest BCUT2D eigenvalue weighted by Gasteiger charge is -2.09. The van der Waals surface area contributed by atoms with Gasteiger partial charge in [-0.3, -0.25) is 4.79 Å². The topological polar surface area (TPSA) is 55.1 Å². The second-order valence-electron chi connectivity index (χ2n) is 3.79. The number of nitrogen functional groups attached to an aromatic ring is 1. The number of amides is 1. The Kier molecular flexibility index (Phi) is 4.07. The average molecular weight is 344 g/mol. The van der Waals surface area contributed by atoms with Crippen LogP contribution in [0.15, 0.2) is 40.9 Å². The van der Waals surface area contributed by atoms with E-state index in [1.807, 2.05) is 0 Å². The SMILES string of the molecule is Nc1ccc(NC(=O)c2cccc(Cl)c2F)c(Br)c1. The van der Waals surface area contributed by atoms with Crippen LogP contribution in [-0.4, -0.2) is 5.91 Å². The second kappa shape index (κ2) is 5.59. The second-order valence-corrected chi connectivity index (χ2v) is 5.06. The van der Waals surface area contributed by atoms with E-state index in [1.165, 1.54) is 18.2 Å². The number of nitrogens with one attached hydrogen (secondary N) is 1. The van der Waals surface area contributed by atoms with Crippen LogP contribution in [0.4, 0.5) is 15.8 Å². The predicted octanol–water partition coefficient (Wildman–Crippen LogP) is 4.08. The first kappa shape index (κ1) is 13.8. The van der Waals surface area contributed by atoms with Crippen molar-refractivity contribution < 1.29 is 9.18 Å². The number of anilines is 2. The smallest absolute Gasteiger partial charge is 0.258 e. The van der Waals surface area contributed by atoms with E-state index in [0.29, 0.717) is 15.8 Å². The fraction of sp³-hybridized carbons (Fsp3) is 0. The van der Waals surface area contributed by atoms with E-state index in [9.17, 15) is 9.18 Å². The first-order chi connectivity index (χ1) is 8.99. The molecule has 98 valence electrons. The van der Waals surface area contributed by atoms with E-state index in [4.69, 9.17) is 17.3 Å². The number of carbonyl (C=O) groups excluding carboxylic acids is 1. The van der Waals surface area contributed by atoms with Crippen LogP contribution < -0.4 is 11.1 Å². The minimum Gasteiger partial charge on any atom is -0.399 e. The Balaban J connectivity index is 2.28. The van der Waals surface area contributed by atoms with Crippen molar-refractivity contribution in [1.82, 2.24) is 0 Å². The zero-order chi connectivity index (χ0) is 14.0. The van der Waals surface area contributed by atoms with Crippen molar-refractivity contribution in [2.75, 3.05) is 11.1 Å². The summed E-state index contributed by atoms with van der Waals surface area (Å²) in [5.74, 6) is -1.32. The molecule has 0 aromatic heterocycles. The molecule has 0 radical (unpaired) electrons. The summed E-state index contributed by atoms with van der Waals surface area (Å²) in [4.78, 5) is 12.0. The van der Waals surface area contributed by atoms with Gasteiger partial charge in [0.05, 0.1) is 16.3 Å². The highest BCUT2D eigenvalue weighted by atomic mass is 79.9. The van der Waals surface area contributed by atoms with Crippen molar-refractivity contribution in [3.05, 3.63) is 57.3 Å². The van der Waals surface area contributed by atoms with E-state index in [0.717, 1.165) is 0 Å². The van der Waals surface area contributed by atoms with Crippen LogP contribution in [0.2, 0.25) is 5.02 Å². The molecule has 0 saturated carbocycles. The van der Waals surface area contributed by atoms with Crippen LogP contribution in [0.1, 0.15) is 10.4 Å². The maximum Gasteiger partial charge on any atom is 0.258 e. The Labute approximate surface area is 122 Å². The van der Waals surface area contributed by atoms with E-state index in [-0.39, 0.29) is 10.6 Å². The van der Waals surface area contributed by atoms with Crippen molar-refractivity contribution in [2.45, 2.75) is 0 Å². The predicted molar refractivity (Wildman–Crippen MR) is 77.9 cm³/mol. The highest BCUT2D eigenvalue weighted by molar-refractivity contribution is 9.10. The Morgan fingerprint density at radius 3 is 2.74 bits per heavy atom. The molecule has 0 aliphatic heterocycles. The van der Waals surface area contributed by atoms with Gasteiger partial charge in [0.1, 0.15) is 0 Å². The minimum absolute atomic E-state index is 0.0935. The molecular formula is C13H9BrClFN2O. The third kappa shape index (κ3) is 3.05. The summed E-state index contributed by atoms with van der Waals surface area (Å²) >= 11 is 8.90. The number of hydrogen-bond donors (Lipinski definition) is 2. The van der Waals surface area contributed by atoms with E-state index in [2.05, 4.69) is 21.2 Å². The van der Waals surface area contributed by atoms with Crippen LogP contribution >= 0.6 is 27.5 Å². The zero-order valence-corrected chi connectivity index (χ0v) is 11.9. The zero-order valence-electron chi connectivity index (χ0n) is 9.58. The van der Waals surface area contributed by atoms with Crippen molar-refractivity contribution in [3.8, 4) is 0 Å². The third-order valence-corrected chi connectivity index (χ3v) is 3.39. The first-order valence-corrected chi connectivity index (χ1v) is 6.46. The molecule has 1 amide bonds. The van der Waals surface area contributed by atoms with Crippen LogP contribution in [0.3, 0.4) is 0 Å². The van der Waals surface area contributed by atoms with Crippen molar-refractivity contribution >= 4 is 44.8 Å². The number of rotatable bonds is 2. The molecule has 0 saturated heterocycles. The van der Waals surface area contributed by atoms with E-state index < -0.39 is 11.7 Å². The van der Waals surface area contributed by atoms with Crippen LogP contribution in [-0.2, 0) is 0 Å². The summed E-state index contributed by atoms with van der Waals surface area (Å²) < 4.78 is 14.3. The largest absolute Gasteiger partial charge is 0.399 e. The molecule has 0 bridgehead atoms. The molecule has 2 rings (SSSR count). The lowest BCUT2D eigenvalue weighted by molar-refractivity contribution is 0.102. The summed E-state index contributed by atoms with van der Waals surface area (Å²) in [6.07, 6.45) is 0. The van der Waals surface area contributed by atoms with Gasteiger partial charge in [-0.05, 0) is 46.3 Å². The van der Waals surface area contributed by atoms with Gasteiger partial charge in [0.2, 0.25) is 0 Å². The van der Waals surface area contributed by atoms with Gasteiger partial charge in [0, 0.05) is 10.2 Å². The molecule has 19 heavy (non-hydrogen) atoms. The quantitative estimate of drug-likeness (QED) is 0.807. The molecule has 0 aliphatic rings. The Morgan fingerprint density at radius 1 is 1.32 bits per heavy atom. The van der Waals surface area contributed by atoms with Crippen molar-refractivity contribution in [3.63, 3.8) is 0 Å². The molecule has 0 unspecified atom stereocenters. The lowest BCUT2D eigenvalue weighted by atomic mass is 10.2. The van der Waals surface area contributed by atoms with Crippen molar-refractivity contribution in [1.29, 1.82) is 0 Å². The molecule has 0 heterocycles. The highest BCUT2D eigenvalue weighted by Crippen LogP contribution is 2.26. The fourth-order valence-electron chi connectivity index (χ4n) is 1.50. The van der Waals surface area contributed by atoms with Gasteiger partial charge in [0.25, 0.3) is 5.91 Å². The van der Waals surface area contributed by atoms with Gasteiger partial charge < -0.3 is 11.1 Å². The molecule has 0 atom stereocenters. The molecule has 6 heteroatoms. The monoisotopic (exact) mass is 342 g/mol. The van der Waals surface area contributed by atoms with Crippen LogP contribution in [0.5, 0.6) is 0 Å². The number of nitrogens with two attached hydrogens (primary N) is 1. The lowest BCUT2D eigenvalue weighted by Crippen LogP contribution is -2.14. The number of carbonyl (C=O) groups is 1. The normalized spacial score (nSPS) is 10.3. The average Bonchev–Trinajstić information content (AvgIpc) is 2.36. The maximum absolute atomic E-state index is 13.7. The number of benzene rings is 2. The number of hydrogen-bond acceptors (Lipinski definition) is 2. The highest BCUT2D eigenvalue weighted by Gasteiger charge is 2.15. The van der Waals surface area contributed by atoms with Crippen LogP contribution in [0, 0.1) is 5.82 Å². The number of halogens is 3. The Morgan fingerprint density at radius 2 is 2.05 bits per heavy atom. The Bertz CT molecular complexity index is 649. The minimum atomic E-state index is -0.742. The Hall–Kier alpha value is -1.59. The first-order valence-electron chi connectivity index (χ1n) is 5.29. The summed E-state index contributed by atoms with van der Waals surface area (Å²) in [5.41, 5.74) is 6.53. The summed E-state index contributed by atoms with van der Waals surface area (Å²) in [5, 5.41) is 2.49. The van der Waals surface area contributed by atoms with Gasteiger partial charge in [-0.15, -0.1) is 0 Å². The fourth-order valence-corrected chi connectivity index (χ4v) is 2.17. The van der Waals surface area contributed by atoms with Crippen LogP contribution in [0.25, 0.3) is 0 Å². The van der Waals surface area contributed by atoms with Crippen molar-refractivity contribution in [2.24, 2.45) is 0 Å². The molecule has 3 N–H and O–H groups in total. The molecule has 2 aromatic rings. The van der Waals surface area contributed by atoms with Gasteiger partial charge >= 0.3 is 0 Å². The summed E-state index contributed by atoms with van der Waals surface area (Å²) in [7, 11) is 0. The molecular weight excluding hydrogens is 335 g/mol. The molecule has 3 nitrogen and oxygen atoms in total. The molecule has 2 aromatic carbocycles. The van der Waals surface area contributed by atoms with E-state index in [1.54, 1.807) is 18.2 Å². The van der Waals surface area contributed by atoms with Gasteiger partial charge in [-0.2, -0.15) is 0 Å². The van der Waals surface area contributed by atoms with E-state index >= 15 is 0 Å².